The van der Waals surface area contributed by atoms with Gasteiger partial charge in [0.25, 0.3) is 5.22 Å². The molecule has 1 atom stereocenters. The van der Waals surface area contributed by atoms with E-state index in [0.29, 0.717) is 41.9 Å². The molecule has 26 heavy (non-hydrogen) atoms. The molecule has 0 N–H and O–H groups in total. The van der Waals surface area contributed by atoms with Crippen molar-refractivity contribution in [1.29, 1.82) is 0 Å². The van der Waals surface area contributed by atoms with Crippen LogP contribution in [0.1, 0.15) is 26.2 Å². The first-order valence-electron chi connectivity index (χ1n) is 8.86. The highest BCUT2D eigenvalue weighted by Crippen LogP contribution is 2.34. The number of carbonyl (C=O) groups is 1. The Balaban J connectivity index is 1.39. The number of nitrogens with zero attached hydrogens (tertiary/aromatic N) is 3. The van der Waals surface area contributed by atoms with Gasteiger partial charge in [-0.25, -0.2) is 0 Å². The van der Waals surface area contributed by atoms with Crippen LogP contribution in [0.5, 0.6) is 11.5 Å². The molecule has 4 rings (SSSR count). The minimum Gasteiger partial charge on any atom is -0.486 e. The van der Waals surface area contributed by atoms with E-state index in [2.05, 4.69) is 17.1 Å². The topological polar surface area (TPSA) is 77.7 Å². The summed E-state index contributed by atoms with van der Waals surface area (Å²) in [6.45, 7) is 4.02. The number of fused-ring (bicyclic) bond motifs is 1. The fraction of sp³-hybridized carbons (Fsp3) is 0.500. The summed E-state index contributed by atoms with van der Waals surface area (Å²) in [4.78, 5) is 14.4. The van der Waals surface area contributed by atoms with Crippen molar-refractivity contribution in [2.24, 2.45) is 0 Å². The molecule has 0 aliphatic carbocycles. The number of ether oxygens (including phenoxy) is 2. The van der Waals surface area contributed by atoms with Crippen molar-refractivity contribution in [2.75, 3.05) is 25.5 Å². The Kier molecular flexibility index (Phi) is 5.01. The number of benzene rings is 1. The molecule has 0 radical (unpaired) electrons. The van der Waals surface area contributed by atoms with E-state index in [-0.39, 0.29) is 5.91 Å². The smallest absolute Gasteiger partial charge is 0.277 e. The van der Waals surface area contributed by atoms with E-state index < -0.39 is 0 Å². The lowest BCUT2D eigenvalue weighted by Gasteiger charge is -2.33. The molecule has 0 unspecified atom stereocenters. The Bertz CT molecular complexity index is 794. The fourth-order valence-electron chi connectivity index (χ4n) is 3.24. The summed E-state index contributed by atoms with van der Waals surface area (Å²) in [5.74, 6) is 2.24. The Hall–Kier alpha value is -2.22. The van der Waals surface area contributed by atoms with Crippen molar-refractivity contribution < 1.29 is 18.7 Å². The summed E-state index contributed by atoms with van der Waals surface area (Å²) in [5.41, 5.74) is 0.768. The lowest BCUT2D eigenvalue weighted by Crippen LogP contribution is -2.42. The van der Waals surface area contributed by atoms with E-state index >= 15 is 0 Å². The molecule has 7 nitrogen and oxygen atoms in total. The third-order valence-corrected chi connectivity index (χ3v) is 5.44. The van der Waals surface area contributed by atoms with Crippen LogP contribution in [-0.4, -0.2) is 52.6 Å². The van der Waals surface area contributed by atoms with Gasteiger partial charge in [0.1, 0.15) is 13.2 Å². The normalized spacial score (nSPS) is 19.4. The van der Waals surface area contributed by atoms with Crippen molar-refractivity contribution in [3.05, 3.63) is 18.2 Å². The van der Waals surface area contributed by atoms with Gasteiger partial charge in [-0.05, 0) is 44.4 Å². The zero-order valence-electron chi connectivity index (χ0n) is 14.6. The van der Waals surface area contributed by atoms with Gasteiger partial charge in [-0.15, -0.1) is 10.2 Å². The third kappa shape index (κ3) is 3.65. The lowest BCUT2D eigenvalue weighted by molar-refractivity contribution is -0.131. The maximum absolute atomic E-state index is 12.4. The second kappa shape index (κ2) is 7.57. The predicted octanol–water partition coefficient (Wildman–Crippen LogP) is 3.00. The number of thioether (sulfide) groups is 1. The number of hydrogen-bond acceptors (Lipinski definition) is 7. The molecule has 3 heterocycles. The van der Waals surface area contributed by atoms with Crippen LogP contribution in [0.25, 0.3) is 11.5 Å². The zero-order chi connectivity index (χ0) is 17.9. The van der Waals surface area contributed by atoms with Gasteiger partial charge in [0.2, 0.25) is 11.8 Å². The van der Waals surface area contributed by atoms with Gasteiger partial charge in [-0.3, -0.25) is 4.79 Å². The number of carbonyl (C=O) groups excluding carboxylic acids is 1. The summed E-state index contributed by atoms with van der Waals surface area (Å²) >= 11 is 1.28. The van der Waals surface area contributed by atoms with E-state index in [9.17, 15) is 4.79 Å². The lowest BCUT2D eigenvalue weighted by atomic mass is 10.0. The molecular weight excluding hydrogens is 354 g/mol. The van der Waals surface area contributed by atoms with Crippen LogP contribution >= 0.6 is 11.8 Å². The van der Waals surface area contributed by atoms with Crippen LogP contribution < -0.4 is 9.47 Å². The fourth-order valence-corrected chi connectivity index (χ4v) is 3.89. The van der Waals surface area contributed by atoms with Gasteiger partial charge < -0.3 is 18.8 Å². The Morgan fingerprint density at radius 3 is 2.92 bits per heavy atom. The van der Waals surface area contributed by atoms with Crippen LogP contribution in [-0.2, 0) is 4.79 Å². The molecule has 0 spiro atoms. The van der Waals surface area contributed by atoms with E-state index in [1.54, 1.807) is 0 Å². The SMILES string of the molecule is C[C@H]1CCCCN1C(=O)CSc1nnc(-c2ccc3c(c2)OCCO3)o1. The van der Waals surface area contributed by atoms with Gasteiger partial charge in [-0.2, -0.15) is 0 Å². The predicted molar refractivity (Wildman–Crippen MR) is 96.5 cm³/mol. The van der Waals surface area contributed by atoms with E-state index in [0.717, 1.165) is 30.7 Å². The van der Waals surface area contributed by atoms with Crippen molar-refractivity contribution in [1.82, 2.24) is 15.1 Å². The number of hydrogen-bond donors (Lipinski definition) is 0. The zero-order valence-corrected chi connectivity index (χ0v) is 15.5. The first-order valence-corrected chi connectivity index (χ1v) is 9.85. The monoisotopic (exact) mass is 375 g/mol. The molecule has 2 aliphatic rings. The first kappa shape index (κ1) is 17.2. The number of piperidine rings is 1. The van der Waals surface area contributed by atoms with Crippen LogP contribution in [0.3, 0.4) is 0 Å². The van der Waals surface area contributed by atoms with Crippen LogP contribution in [0.4, 0.5) is 0 Å². The maximum Gasteiger partial charge on any atom is 0.277 e. The summed E-state index contributed by atoms with van der Waals surface area (Å²) in [6.07, 6.45) is 3.35. The second-order valence-electron chi connectivity index (χ2n) is 6.45. The molecule has 2 aliphatic heterocycles. The Morgan fingerprint density at radius 1 is 1.23 bits per heavy atom. The minimum absolute atomic E-state index is 0.126. The second-order valence-corrected chi connectivity index (χ2v) is 7.38. The first-order chi connectivity index (χ1) is 12.7. The van der Waals surface area contributed by atoms with Gasteiger partial charge >= 0.3 is 0 Å². The summed E-state index contributed by atoms with van der Waals surface area (Å²) in [5, 5.41) is 8.52. The molecular formula is C18H21N3O4S. The molecule has 2 aromatic rings. The largest absolute Gasteiger partial charge is 0.486 e. The number of rotatable bonds is 4. The number of likely N-dealkylation sites (tertiary alicyclic amines) is 1. The maximum atomic E-state index is 12.4. The van der Waals surface area contributed by atoms with Crippen LogP contribution in [0, 0.1) is 0 Å². The average molecular weight is 375 g/mol. The van der Waals surface area contributed by atoms with Crippen molar-refractivity contribution in [3.63, 3.8) is 0 Å². The summed E-state index contributed by atoms with van der Waals surface area (Å²) in [6, 6.07) is 5.84. The summed E-state index contributed by atoms with van der Waals surface area (Å²) < 4.78 is 16.8. The summed E-state index contributed by atoms with van der Waals surface area (Å²) in [7, 11) is 0. The van der Waals surface area contributed by atoms with E-state index in [4.69, 9.17) is 13.9 Å². The van der Waals surface area contributed by atoms with E-state index in [1.165, 1.54) is 18.2 Å². The number of aromatic nitrogens is 2. The third-order valence-electron chi connectivity index (χ3n) is 4.64. The van der Waals surface area contributed by atoms with Gasteiger partial charge in [-0.1, -0.05) is 11.8 Å². The standard InChI is InChI=1S/C18H21N3O4S/c1-12-4-2-3-7-21(12)16(22)11-26-18-20-19-17(25-18)13-5-6-14-15(10-13)24-9-8-23-14/h5-6,10,12H,2-4,7-9,11H2,1H3/t12-/m0/s1. The molecule has 0 saturated carbocycles. The van der Waals surface area contributed by atoms with Crippen molar-refractivity contribution >= 4 is 17.7 Å². The molecule has 1 saturated heterocycles. The molecule has 1 aromatic heterocycles. The minimum atomic E-state index is 0.126. The Morgan fingerprint density at radius 2 is 2.08 bits per heavy atom. The van der Waals surface area contributed by atoms with Gasteiger partial charge in [0.05, 0.1) is 5.75 Å². The highest BCUT2D eigenvalue weighted by atomic mass is 32.2. The van der Waals surface area contributed by atoms with E-state index in [1.807, 2.05) is 23.1 Å². The molecule has 1 fully saturated rings. The Labute approximate surface area is 156 Å². The molecule has 1 amide bonds. The van der Waals surface area contributed by atoms with Gasteiger partial charge in [0.15, 0.2) is 11.5 Å². The van der Waals surface area contributed by atoms with Crippen molar-refractivity contribution in [3.8, 4) is 23.0 Å². The average Bonchev–Trinajstić information content (AvgIpc) is 3.15. The number of amides is 1. The molecule has 1 aromatic carbocycles. The highest BCUT2D eigenvalue weighted by Gasteiger charge is 2.24. The molecule has 138 valence electrons. The van der Waals surface area contributed by atoms with Crippen LogP contribution in [0.2, 0.25) is 0 Å². The molecule has 0 bridgehead atoms. The van der Waals surface area contributed by atoms with Crippen molar-refractivity contribution in [2.45, 2.75) is 37.5 Å². The van der Waals surface area contributed by atoms with Gasteiger partial charge in [0, 0.05) is 18.2 Å². The molecule has 8 heteroatoms. The quantitative estimate of drug-likeness (QED) is 0.760. The highest BCUT2D eigenvalue weighted by molar-refractivity contribution is 7.99. The van der Waals surface area contributed by atoms with Crippen LogP contribution in [0.15, 0.2) is 27.8 Å².